The van der Waals surface area contributed by atoms with Crippen molar-refractivity contribution in [2.45, 2.75) is 46.7 Å². The Morgan fingerprint density at radius 3 is 1.68 bits per heavy atom. The van der Waals surface area contributed by atoms with Crippen LogP contribution in [0.15, 0.2) is 0 Å². The topological polar surface area (TPSA) is 84.5 Å². The molecule has 0 aromatic carbocycles. The fraction of sp³-hybridized carbons (Fsp3) is 0.769. The first-order chi connectivity index (χ1) is 8.70. The molecule has 6 heteroatoms. The van der Waals surface area contributed by atoms with E-state index in [1.165, 1.54) is 14.0 Å². The fourth-order valence-corrected chi connectivity index (χ4v) is 1.62. The van der Waals surface area contributed by atoms with Gasteiger partial charge in [-0.25, -0.2) is 4.79 Å². The standard InChI is InChI=1S/C13H24N2O4/c1-7(2)10(14-9(5)16)12(17)15-11(8(3)4)13(18)19-6/h7-8,10-11H,1-6H3,(H,14,16)(H,15,17)/t10-,11+/m1/s1. The van der Waals surface area contributed by atoms with Gasteiger partial charge in [0.25, 0.3) is 0 Å². The first kappa shape index (κ1) is 17.4. The number of hydrogen-bond donors (Lipinski definition) is 2. The summed E-state index contributed by atoms with van der Waals surface area (Å²) in [7, 11) is 1.28. The minimum absolute atomic E-state index is 0.0747. The normalized spacial score (nSPS) is 13.9. The van der Waals surface area contributed by atoms with Crippen LogP contribution in [0.5, 0.6) is 0 Å². The number of carbonyl (C=O) groups is 3. The van der Waals surface area contributed by atoms with Gasteiger partial charge in [-0.15, -0.1) is 0 Å². The second kappa shape index (κ2) is 7.76. The molecular weight excluding hydrogens is 248 g/mol. The van der Waals surface area contributed by atoms with Crippen molar-refractivity contribution >= 4 is 17.8 Å². The van der Waals surface area contributed by atoms with Crippen molar-refractivity contribution in [2.75, 3.05) is 7.11 Å². The number of hydrogen-bond acceptors (Lipinski definition) is 4. The average molecular weight is 272 g/mol. The molecule has 0 rings (SSSR count). The molecule has 0 aromatic heterocycles. The summed E-state index contributed by atoms with van der Waals surface area (Å²) in [5.74, 6) is -1.33. The van der Waals surface area contributed by atoms with Crippen molar-refractivity contribution in [3.63, 3.8) is 0 Å². The third kappa shape index (κ3) is 5.72. The van der Waals surface area contributed by atoms with E-state index in [2.05, 4.69) is 15.4 Å². The fourth-order valence-electron chi connectivity index (χ4n) is 1.62. The maximum absolute atomic E-state index is 12.1. The summed E-state index contributed by atoms with van der Waals surface area (Å²) in [5.41, 5.74) is 0. The summed E-state index contributed by atoms with van der Waals surface area (Å²) in [6, 6.07) is -1.38. The van der Waals surface area contributed by atoms with Crippen molar-refractivity contribution in [3.05, 3.63) is 0 Å². The van der Waals surface area contributed by atoms with Crippen LogP contribution in [0.1, 0.15) is 34.6 Å². The van der Waals surface area contributed by atoms with Crippen LogP contribution in [-0.2, 0) is 19.1 Å². The van der Waals surface area contributed by atoms with Gasteiger partial charge in [0, 0.05) is 6.92 Å². The van der Waals surface area contributed by atoms with Crippen LogP contribution >= 0.6 is 0 Å². The van der Waals surface area contributed by atoms with Crippen LogP contribution in [0, 0.1) is 11.8 Å². The van der Waals surface area contributed by atoms with Crippen molar-refractivity contribution in [1.82, 2.24) is 10.6 Å². The summed E-state index contributed by atoms with van der Waals surface area (Å²) in [6.07, 6.45) is 0. The minimum atomic E-state index is -0.715. The lowest BCUT2D eigenvalue weighted by molar-refractivity contribution is -0.146. The van der Waals surface area contributed by atoms with Gasteiger partial charge in [-0.3, -0.25) is 9.59 Å². The van der Waals surface area contributed by atoms with Gasteiger partial charge >= 0.3 is 5.97 Å². The number of methoxy groups -OCH3 is 1. The lowest BCUT2D eigenvalue weighted by atomic mass is 10.0. The smallest absolute Gasteiger partial charge is 0.328 e. The minimum Gasteiger partial charge on any atom is -0.467 e. The molecule has 6 nitrogen and oxygen atoms in total. The summed E-state index contributed by atoms with van der Waals surface area (Å²) < 4.78 is 4.65. The number of rotatable bonds is 6. The Hall–Kier alpha value is -1.59. The van der Waals surface area contributed by atoms with Gasteiger partial charge in [0.2, 0.25) is 11.8 Å². The molecule has 2 amide bonds. The highest BCUT2D eigenvalue weighted by Crippen LogP contribution is 2.07. The van der Waals surface area contributed by atoms with E-state index in [1.54, 1.807) is 0 Å². The lowest BCUT2D eigenvalue weighted by Gasteiger charge is -2.25. The number of esters is 1. The Morgan fingerprint density at radius 2 is 1.37 bits per heavy atom. The predicted molar refractivity (Wildman–Crippen MR) is 71.2 cm³/mol. The molecule has 0 radical (unpaired) electrons. The van der Waals surface area contributed by atoms with E-state index in [-0.39, 0.29) is 23.7 Å². The second-order valence-corrected chi connectivity index (χ2v) is 5.18. The zero-order chi connectivity index (χ0) is 15.2. The maximum atomic E-state index is 12.1. The van der Waals surface area contributed by atoms with E-state index in [1.807, 2.05) is 27.7 Å². The third-order valence-electron chi connectivity index (χ3n) is 2.73. The molecule has 0 bridgehead atoms. The molecule has 0 fully saturated rings. The van der Waals surface area contributed by atoms with Crippen LogP contribution in [0.25, 0.3) is 0 Å². The molecule has 0 spiro atoms. The average Bonchev–Trinajstić information content (AvgIpc) is 2.30. The number of amides is 2. The van der Waals surface area contributed by atoms with Crippen LogP contribution in [-0.4, -0.2) is 37.0 Å². The number of ether oxygens (including phenoxy) is 1. The van der Waals surface area contributed by atoms with Crippen LogP contribution in [0.3, 0.4) is 0 Å². The summed E-state index contributed by atoms with van der Waals surface area (Å²) in [4.78, 5) is 34.8. The highest BCUT2D eigenvalue weighted by atomic mass is 16.5. The molecule has 0 heterocycles. The molecule has 0 saturated heterocycles. The predicted octanol–water partition coefficient (Wildman–Crippen LogP) is 0.461. The van der Waals surface area contributed by atoms with Crippen molar-refractivity contribution in [2.24, 2.45) is 11.8 Å². The lowest BCUT2D eigenvalue weighted by Crippen LogP contribution is -2.54. The Morgan fingerprint density at radius 1 is 0.895 bits per heavy atom. The third-order valence-corrected chi connectivity index (χ3v) is 2.73. The van der Waals surface area contributed by atoms with Gasteiger partial charge in [0.15, 0.2) is 0 Å². The highest BCUT2D eigenvalue weighted by molar-refractivity contribution is 5.90. The van der Waals surface area contributed by atoms with E-state index in [9.17, 15) is 14.4 Å². The zero-order valence-corrected chi connectivity index (χ0v) is 12.4. The molecule has 2 N–H and O–H groups in total. The molecule has 0 aromatic rings. The van der Waals surface area contributed by atoms with E-state index in [0.717, 1.165) is 0 Å². The summed E-state index contributed by atoms with van der Waals surface area (Å²) in [5, 5.41) is 5.20. The molecule has 2 atom stereocenters. The molecule has 0 saturated carbocycles. The molecule has 0 aliphatic heterocycles. The highest BCUT2D eigenvalue weighted by Gasteiger charge is 2.30. The van der Waals surface area contributed by atoms with Gasteiger partial charge in [-0.2, -0.15) is 0 Å². The molecule has 0 aliphatic carbocycles. The molecule has 110 valence electrons. The molecule has 0 unspecified atom stereocenters. The van der Waals surface area contributed by atoms with Gasteiger partial charge in [-0.05, 0) is 11.8 Å². The first-order valence-electron chi connectivity index (χ1n) is 6.36. The van der Waals surface area contributed by atoms with Crippen molar-refractivity contribution < 1.29 is 19.1 Å². The van der Waals surface area contributed by atoms with Crippen molar-refractivity contribution in [1.29, 1.82) is 0 Å². The second-order valence-electron chi connectivity index (χ2n) is 5.18. The number of carbonyl (C=O) groups excluding carboxylic acids is 3. The van der Waals surface area contributed by atoms with Crippen LogP contribution < -0.4 is 10.6 Å². The van der Waals surface area contributed by atoms with Gasteiger partial charge in [0.1, 0.15) is 12.1 Å². The summed E-state index contributed by atoms with van der Waals surface area (Å²) >= 11 is 0. The van der Waals surface area contributed by atoms with E-state index in [4.69, 9.17) is 0 Å². The van der Waals surface area contributed by atoms with E-state index >= 15 is 0 Å². The Balaban J connectivity index is 4.85. The van der Waals surface area contributed by atoms with Gasteiger partial charge in [0.05, 0.1) is 7.11 Å². The summed E-state index contributed by atoms with van der Waals surface area (Å²) in [6.45, 7) is 8.61. The van der Waals surface area contributed by atoms with Gasteiger partial charge in [-0.1, -0.05) is 27.7 Å². The number of nitrogens with one attached hydrogen (secondary N) is 2. The Kier molecular flexibility index (Phi) is 7.11. The molecule has 0 aliphatic rings. The quantitative estimate of drug-likeness (QED) is 0.688. The largest absolute Gasteiger partial charge is 0.467 e. The van der Waals surface area contributed by atoms with Crippen LogP contribution in [0.4, 0.5) is 0 Å². The SMILES string of the molecule is COC(=O)[C@@H](NC(=O)[C@H](NC(C)=O)C(C)C)C(C)C. The Bertz CT molecular complexity index is 340. The van der Waals surface area contributed by atoms with Crippen molar-refractivity contribution in [3.8, 4) is 0 Å². The van der Waals surface area contributed by atoms with E-state index in [0.29, 0.717) is 0 Å². The monoisotopic (exact) mass is 272 g/mol. The van der Waals surface area contributed by atoms with Crippen LogP contribution in [0.2, 0.25) is 0 Å². The molecule has 19 heavy (non-hydrogen) atoms. The first-order valence-corrected chi connectivity index (χ1v) is 6.36. The molecular formula is C13H24N2O4. The van der Waals surface area contributed by atoms with Gasteiger partial charge < -0.3 is 15.4 Å². The Labute approximate surface area is 114 Å². The van der Waals surface area contributed by atoms with E-state index < -0.39 is 18.1 Å². The maximum Gasteiger partial charge on any atom is 0.328 e. The zero-order valence-electron chi connectivity index (χ0n) is 12.4.